The summed E-state index contributed by atoms with van der Waals surface area (Å²) in [5.41, 5.74) is 0. The van der Waals surface area contributed by atoms with Crippen LogP contribution in [0.15, 0.2) is 9.98 Å². The van der Waals surface area contributed by atoms with Gasteiger partial charge in [0.25, 0.3) is 0 Å². The Labute approximate surface area is 103 Å². The highest BCUT2D eigenvalue weighted by molar-refractivity contribution is 9.11. The summed E-state index contributed by atoms with van der Waals surface area (Å²) in [6.07, 6.45) is 2.14. The van der Waals surface area contributed by atoms with Gasteiger partial charge in [-0.3, -0.25) is 0 Å². The third kappa shape index (κ3) is 5.06. The number of hydrogen-bond acceptors (Lipinski definition) is 4. The lowest BCUT2D eigenvalue weighted by Crippen LogP contribution is -2.24. The predicted octanol–water partition coefficient (Wildman–Crippen LogP) is 2.98. The molecule has 5 heteroatoms. The van der Waals surface area contributed by atoms with Crippen molar-refractivity contribution in [1.82, 2.24) is 10.3 Å². The minimum absolute atomic E-state index is 0.289. The van der Waals surface area contributed by atoms with Gasteiger partial charge < -0.3 is 10.1 Å². The Morgan fingerprint density at radius 1 is 1.53 bits per heavy atom. The summed E-state index contributed by atoms with van der Waals surface area (Å²) in [5, 5.41) is 4.47. The van der Waals surface area contributed by atoms with Crippen molar-refractivity contribution in [3.8, 4) is 0 Å². The molecule has 3 nitrogen and oxygen atoms in total. The molecule has 0 saturated carbocycles. The third-order valence-electron chi connectivity index (χ3n) is 1.87. The molecule has 0 aliphatic heterocycles. The van der Waals surface area contributed by atoms with Crippen LogP contribution in [0.1, 0.15) is 31.8 Å². The lowest BCUT2D eigenvalue weighted by Gasteiger charge is -2.12. The number of rotatable bonds is 6. The average molecular weight is 293 g/mol. The molecule has 1 atom stereocenters. The highest BCUT2D eigenvalue weighted by Crippen LogP contribution is 2.23. The first-order chi connectivity index (χ1) is 7.09. The second kappa shape index (κ2) is 6.58. The molecule has 1 aromatic heterocycles. The molecule has 0 spiro atoms. The number of nitrogens with zero attached hydrogens (tertiary/aromatic N) is 1. The molecule has 0 bridgehead atoms. The molecular formula is C10H17BrN2OS. The van der Waals surface area contributed by atoms with E-state index in [1.807, 2.05) is 20.0 Å². The average Bonchev–Trinajstić information content (AvgIpc) is 2.59. The first kappa shape index (κ1) is 13.1. The fraction of sp³-hybridized carbons (Fsp3) is 0.700. The van der Waals surface area contributed by atoms with E-state index in [1.54, 1.807) is 11.3 Å². The fourth-order valence-corrected chi connectivity index (χ4v) is 2.40. The smallest absolute Gasteiger partial charge is 0.110 e. The standard InChI is InChI=1S/C10H17BrN2OS/c1-7(2)14-5-4-12-8(3)10-13-6-9(11)15-10/h6-8,12H,4-5H2,1-3H3. The molecule has 1 N–H and O–H groups in total. The van der Waals surface area contributed by atoms with Crippen LogP contribution in [0.25, 0.3) is 0 Å². The zero-order chi connectivity index (χ0) is 11.3. The van der Waals surface area contributed by atoms with Crippen molar-refractivity contribution in [2.75, 3.05) is 13.2 Å². The maximum atomic E-state index is 5.44. The second-order valence-corrected chi connectivity index (χ2v) is 6.04. The first-order valence-corrected chi connectivity index (χ1v) is 6.66. The van der Waals surface area contributed by atoms with Gasteiger partial charge in [-0.2, -0.15) is 0 Å². The summed E-state index contributed by atoms with van der Waals surface area (Å²) in [7, 11) is 0. The maximum absolute atomic E-state index is 5.44. The molecule has 0 radical (unpaired) electrons. The number of aromatic nitrogens is 1. The van der Waals surface area contributed by atoms with E-state index in [1.165, 1.54) is 0 Å². The monoisotopic (exact) mass is 292 g/mol. The molecule has 1 heterocycles. The van der Waals surface area contributed by atoms with Gasteiger partial charge >= 0.3 is 0 Å². The molecule has 0 aromatic carbocycles. The molecule has 0 amide bonds. The summed E-state index contributed by atoms with van der Waals surface area (Å²) in [4.78, 5) is 4.30. The zero-order valence-electron chi connectivity index (χ0n) is 9.29. The van der Waals surface area contributed by atoms with Gasteiger partial charge in [0.05, 0.1) is 28.7 Å². The van der Waals surface area contributed by atoms with Crippen LogP contribution in [0.3, 0.4) is 0 Å². The van der Waals surface area contributed by atoms with Crippen molar-refractivity contribution < 1.29 is 4.74 Å². The van der Waals surface area contributed by atoms with Gasteiger partial charge in [-0.05, 0) is 36.7 Å². The van der Waals surface area contributed by atoms with E-state index < -0.39 is 0 Å². The van der Waals surface area contributed by atoms with Gasteiger partial charge in [-0.1, -0.05) is 0 Å². The van der Waals surface area contributed by atoms with Crippen LogP contribution in [-0.4, -0.2) is 24.2 Å². The number of halogens is 1. The van der Waals surface area contributed by atoms with Crippen LogP contribution in [0.2, 0.25) is 0 Å². The Morgan fingerprint density at radius 2 is 2.27 bits per heavy atom. The summed E-state index contributed by atoms with van der Waals surface area (Å²) < 4.78 is 6.52. The second-order valence-electron chi connectivity index (χ2n) is 3.60. The third-order valence-corrected chi connectivity index (χ3v) is 3.53. The van der Waals surface area contributed by atoms with E-state index in [4.69, 9.17) is 4.74 Å². The first-order valence-electron chi connectivity index (χ1n) is 5.06. The molecule has 1 rings (SSSR count). The van der Waals surface area contributed by atoms with Crippen LogP contribution in [0, 0.1) is 0 Å². The molecule has 0 saturated heterocycles. The molecule has 15 heavy (non-hydrogen) atoms. The van der Waals surface area contributed by atoms with E-state index in [0.29, 0.717) is 6.10 Å². The van der Waals surface area contributed by atoms with Crippen molar-refractivity contribution in [1.29, 1.82) is 0 Å². The maximum Gasteiger partial charge on any atom is 0.110 e. The molecule has 86 valence electrons. The number of hydrogen-bond donors (Lipinski definition) is 1. The highest BCUT2D eigenvalue weighted by Gasteiger charge is 2.08. The van der Waals surface area contributed by atoms with E-state index in [0.717, 1.165) is 21.9 Å². The van der Waals surface area contributed by atoms with Gasteiger partial charge in [0, 0.05) is 6.54 Å². The summed E-state index contributed by atoms with van der Waals surface area (Å²) in [6, 6.07) is 0.289. The SMILES string of the molecule is CC(C)OCCNC(C)c1ncc(Br)s1. The van der Waals surface area contributed by atoms with Crippen LogP contribution in [-0.2, 0) is 4.74 Å². The van der Waals surface area contributed by atoms with Crippen molar-refractivity contribution in [3.05, 3.63) is 15.0 Å². The molecule has 0 aliphatic carbocycles. The van der Waals surface area contributed by atoms with Crippen LogP contribution < -0.4 is 5.32 Å². The highest BCUT2D eigenvalue weighted by atomic mass is 79.9. The molecule has 0 fully saturated rings. The van der Waals surface area contributed by atoms with Crippen molar-refractivity contribution in [2.24, 2.45) is 0 Å². The van der Waals surface area contributed by atoms with Crippen molar-refractivity contribution in [2.45, 2.75) is 32.9 Å². The summed E-state index contributed by atoms with van der Waals surface area (Å²) in [5.74, 6) is 0. The summed E-state index contributed by atoms with van der Waals surface area (Å²) in [6.45, 7) is 7.80. The van der Waals surface area contributed by atoms with Gasteiger partial charge in [0.15, 0.2) is 0 Å². The van der Waals surface area contributed by atoms with Crippen LogP contribution >= 0.6 is 27.3 Å². The van der Waals surface area contributed by atoms with Crippen LogP contribution in [0.4, 0.5) is 0 Å². The van der Waals surface area contributed by atoms with E-state index in [-0.39, 0.29) is 6.04 Å². The Morgan fingerprint density at radius 3 is 2.80 bits per heavy atom. The van der Waals surface area contributed by atoms with Crippen LogP contribution in [0.5, 0.6) is 0 Å². The molecular weight excluding hydrogens is 276 g/mol. The fourth-order valence-electron chi connectivity index (χ4n) is 1.12. The van der Waals surface area contributed by atoms with Crippen molar-refractivity contribution in [3.63, 3.8) is 0 Å². The Balaban J connectivity index is 2.21. The molecule has 1 unspecified atom stereocenters. The quantitative estimate of drug-likeness (QED) is 0.819. The lowest BCUT2D eigenvalue weighted by molar-refractivity contribution is 0.0796. The predicted molar refractivity (Wildman–Crippen MR) is 67.3 cm³/mol. The number of thiazole rings is 1. The number of ether oxygens (including phenoxy) is 1. The zero-order valence-corrected chi connectivity index (χ0v) is 11.7. The van der Waals surface area contributed by atoms with E-state index >= 15 is 0 Å². The van der Waals surface area contributed by atoms with Crippen molar-refractivity contribution >= 4 is 27.3 Å². The summed E-state index contributed by atoms with van der Waals surface area (Å²) >= 11 is 5.07. The normalized spacial score (nSPS) is 13.4. The minimum Gasteiger partial charge on any atom is -0.377 e. The van der Waals surface area contributed by atoms with Gasteiger partial charge in [0.1, 0.15) is 5.01 Å². The van der Waals surface area contributed by atoms with E-state index in [9.17, 15) is 0 Å². The Kier molecular flexibility index (Phi) is 5.74. The van der Waals surface area contributed by atoms with Gasteiger partial charge in [-0.25, -0.2) is 4.98 Å². The van der Waals surface area contributed by atoms with Gasteiger partial charge in [-0.15, -0.1) is 11.3 Å². The molecule has 0 aliphatic rings. The minimum atomic E-state index is 0.289. The topological polar surface area (TPSA) is 34.1 Å². The molecule has 1 aromatic rings. The number of nitrogens with one attached hydrogen (secondary N) is 1. The van der Waals surface area contributed by atoms with E-state index in [2.05, 4.69) is 33.2 Å². The Bertz CT molecular complexity index is 291. The largest absolute Gasteiger partial charge is 0.377 e. The Hall–Kier alpha value is 0.0300. The van der Waals surface area contributed by atoms with Gasteiger partial charge in [0.2, 0.25) is 0 Å². The lowest BCUT2D eigenvalue weighted by atomic mass is 10.3.